The molecule has 5 heteroatoms. The molecule has 0 radical (unpaired) electrons. The number of hydrogen-bond acceptors (Lipinski definition) is 4. The fraction of sp³-hybridized carbons (Fsp3) is 0.286. The van der Waals surface area contributed by atoms with E-state index in [-0.39, 0.29) is 17.4 Å². The minimum absolute atomic E-state index is 0.135. The van der Waals surface area contributed by atoms with E-state index in [1.54, 1.807) is 0 Å². The summed E-state index contributed by atoms with van der Waals surface area (Å²) in [6.07, 6.45) is 0. The van der Waals surface area contributed by atoms with Crippen molar-refractivity contribution in [2.24, 2.45) is 16.3 Å². The average molecular weight is 458 g/mol. The monoisotopic (exact) mass is 457 g/mol. The van der Waals surface area contributed by atoms with E-state index >= 15 is 0 Å². The second-order valence-corrected chi connectivity index (χ2v) is 10.2. The molecule has 33 heavy (non-hydrogen) atoms. The smallest absolute Gasteiger partial charge is 0.312 e. The van der Waals surface area contributed by atoms with Gasteiger partial charge in [-0.3, -0.25) is 4.79 Å². The molecule has 0 spiro atoms. The van der Waals surface area contributed by atoms with Crippen LogP contribution in [-0.2, 0) is 19.9 Å². The second kappa shape index (κ2) is 6.94. The van der Waals surface area contributed by atoms with Gasteiger partial charge < -0.3 is 9.47 Å². The molecule has 1 saturated carbocycles. The normalized spacial score (nSPS) is 28.5. The predicted octanol–water partition coefficient (Wildman–Crippen LogP) is 5.75. The number of halogens is 1. The minimum Gasteiger partial charge on any atom is -0.478 e. The number of aliphatic imine (C=N–C) groups is 1. The van der Waals surface area contributed by atoms with E-state index in [0.29, 0.717) is 17.5 Å². The average Bonchev–Trinajstić information content (AvgIpc) is 3.28. The third-order valence-electron chi connectivity index (χ3n) is 7.21. The van der Waals surface area contributed by atoms with Gasteiger partial charge in [0, 0.05) is 22.1 Å². The molecule has 0 bridgehead atoms. The zero-order valence-corrected chi connectivity index (χ0v) is 19.3. The van der Waals surface area contributed by atoms with Gasteiger partial charge in [0.25, 0.3) is 0 Å². The van der Waals surface area contributed by atoms with E-state index in [0.717, 1.165) is 16.7 Å². The second-order valence-electron chi connectivity index (χ2n) is 9.73. The molecular weight excluding hydrogens is 434 g/mol. The summed E-state index contributed by atoms with van der Waals surface area (Å²) in [4.78, 5) is 18.6. The molecule has 1 saturated heterocycles. The summed E-state index contributed by atoms with van der Waals surface area (Å²) in [6.45, 7) is 4.57. The lowest BCUT2D eigenvalue weighted by Gasteiger charge is -2.39. The van der Waals surface area contributed by atoms with Crippen LogP contribution in [0.25, 0.3) is 0 Å². The summed E-state index contributed by atoms with van der Waals surface area (Å²) in [5, 5.41) is 0.661. The zero-order valence-electron chi connectivity index (χ0n) is 18.5. The lowest BCUT2D eigenvalue weighted by atomic mass is 9.71. The molecule has 166 valence electrons. The number of hydrogen-bond donors (Lipinski definition) is 0. The Labute approximate surface area is 198 Å². The van der Waals surface area contributed by atoms with Gasteiger partial charge in [-0.25, -0.2) is 4.99 Å². The molecule has 2 aliphatic heterocycles. The lowest BCUT2D eigenvalue weighted by molar-refractivity contribution is -0.152. The Hall–Kier alpha value is -3.11. The number of esters is 1. The van der Waals surface area contributed by atoms with E-state index in [4.69, 9.17) is 26.1 Å². The van der Waals surface area contributed by atoms with Crippen molar-refractivity contribution in [3.63, 3.8) is 0 Å². The van der Waals surface area contributed by atoms with Crippen molar-refractivity contribution in [2.75, 3.05) is 6.61 Å². The summed E-state index contributed by atoms with van der Waals surface area (Å²) in [5.41, 5.74) is 0.661. The Morgan fingerprint density at radius 1 is 0.848 bits per heavy atom. The van der Waals surface area contributed by atoms with E-state index in [1.165, 1.54) is 0 Å². The molecule has 0 amide bonds. The molecular formula is C28H24ClNO3. The number of ether oxygens (including phenoxy) is 2. The third-order valence-corrected chi connectivity index (χ3v) is 7.46. The number of nitrogens with zero attached hydrogens (tertiary/aromatic N) is 1. The first-order chi connectivity index (χ1) is 15.9. The number of benzene rings is 3. The van der Waals surface area contributed by atoms with Gasteiger partial charge >= 0.3 is 5.97 Å². The molecule has 6 rings (SSSR count). The van der Waals surface area contributed by atoms with Crippen LogP contribution in [0, 0.1) is 11.3 Å². The van der Waals surface area contributed by atoms with Crippen LogP contribution >= 0.6 is 11.6 Å². The highest BCUT2D eigenvalue weighted by molar-refractivity contribution is 6.30. The number of cyclic esters (lactones) is 1. The van der Waals surface area contributed by atoms with Gasteiger partial charge in [-0.2, -0.15) is 0 Å². The molecule has 3 atom stereocenters. The molecule has 4 nitrogen and oxygen atoms in total. The predicted molar refractivity (Wildman–Crippen MR) is 127 cm³/mol. The highest BCUT2D eigenvalue weighted by Crippen LogP contribution is 2.80. The highest BCUT2D eigenvalue weighted by atomic mass is 35.5. The van der Waals surface area contributed by atoms with Crippen LogP contribution in [0.5, 0.6) is 0 Å². The Balaban J connectivity index is 1.67. The summed E-state index contributed by atoms with van der Waals surface area (Å²) in [5.74, 6) is -0.148. The van der Waals surface area contributed by atoms with Crippen LogP contribution < -0.4 is 0 Å². The van der Waals surface area contributed by atoms with Crippen molar-refractivity contribution >= 4 is 23.5 Å². The Morgan fingerprint density at radius 3 is 1.94 bits per heavy atom. The van der Waals surface area contributed by atoms with Gasteiger partial charge in [-0.05, 0) is 31.5 Å². The molecule has 1 aliphatic carbocycles. The molecule has 2 heterocycles. The molecule has 3 aliphatic rings. The van der Waals surface area contributed by atoms with Crippen LogP contribution in [0.1, 0.15) is 36.5 Å². The standard InChI is InChI=1S/C28H24ClNO3/c1-26(2)17-32-25(30-26)27-22(18-13-15-21(29)16-14-18)23(27)24(31)33-28(27,19-9-5-3-6-10-19)20-11-7-4-8-12-20/h3-16,22-23H,17H2,1-2H3/t22-,23+,27+/m1/s1. The Bertz CT molecular complexity index is 1210. The summed E-state index contributed by atoms with van der Waals surface area (Å²) in [7, 11) is 0. The van der Waals surface area contributed by atoms with Gasteiger partial charge in [0.05, 0.1) is 11.5 Å². The number of fused-ring (bicyclic) bond motifs is 1. The van der Waals surface area contributed by atoms with Crippen LogP contribution in [-0.4, -0.2) is 24.0 Å². The Morgan fingerprint density at radius 2 is 1.42 bits per heavy atom. The summed E-state index contributed by atoms with van der Waals surface area (Å²) >= 11 is 6.19. The molecule has 0 N–H and O–H groups in total. The van der Waals surface area contributed by atoms with Gasteiger partial charge in [-0.15, -0.1) is 0 Å². The Kier molecular flexibility index (Phi) is 4.31. The largest absolute Gasteiger partial charge is 0.478 e. The van der Waals surface area contributed by atoms with Crippen LogP contribution in [0.15, 0.2) is 89.9 Å². The van der Waals surface area contributed by atoms with Gasteiger partial charge in [0.2, 0.25) is 0 Å². The summed E-state index contributed by atoms with van der Waals surface area (Å²) < 4.78 is 12.7. The summed E-state index contributed by atoms with van der Waals surface area (Å²) in [6, 6.07) is 27.7. The highest BCUT2D eigenvalue weighted by Gasteiger charge is 2.88. The van der Waals surface area contributed by atoms with E-state index < -0.39 is 16.9 Å². The maximum atomic E-state index is 13.6. The maximum Gasteiger partial charge on any atom is 0.312 e. The van der Waals surface area contributed by atoms with E-state index in [2.05, 4.69) is 13.8 Å². The van der Waals surface area contributed by atoms with Crippen LogP contribution in [0.4, 0.5) is 0 Å². The van der Waals surface area contributed by atoms with Gasteiger partial charge in [0.15, 0.2) is 11.5 Å². The molecule has 0 unspecified atom stereocenters. The van der Waals surface area contributed by atoms with Crippen molar-refractivity contribution in [1.82, 2.24) is 0 Å². The maximum absolute atomic E-state index is 13.6. The minimum atomic E-state index is -1.05. The van der Waals surface area contributed by atoms with Gasteiger partial charge in [0.1, 0.15) is 12.0 Å². The van der Waals surface area contributed by atoms with Crippen molar-refractivity contribution < 1.29 is 14.3 Å². The fourth-order valence-electron chi connectivity index (χ4n) is 5.89. The SMILES string of the molecule is CC1(C)COC([C@]23[C@H](C(=O)OC2(c2ccccc2)c2ccccc2)[C@H]3c2ccc(Cl)cc2)=N1. The van der Waals surface area contributed by atoms with E-state index in [9.17, 15) is 4.79 Å². The molecule has 3 aromatic carbocycles. The number of carbonyl (C=O) groups is 1. The van der Waals surface area contributed by atoms with Crippen molar-refractivity contribution in [1.29, 1.82) is 0 Å². The first-order valence-corrected chi connectivity index (χ1v) is 11.6. The lowest BCUT2D eigenvalue weighted by Crippen LogP contribution is -2.44. The molecule has 2 fully saturated rings. The first kappa shape index (κ1) is 20.5. The van der Waals surface area contributed by atoms with E-state index in [1.807, 2.05) is 84.9 Å². The third kappa shape index (κ3) is 2.70. The van der Waals surface area contributed by atoms with Crippen molar-refractivity contribution in [3.05, 3.63) is 107 Å². The van der Waals surface area contributed by atoms with Gasteiger partial charge in [-0.1, -0.05) is 84.4 Å². The van der Waals surface area contributed by atoms with Crippen molar-refractivity contribution in [2.45, 2.75) is 30.9 Å². The van der Waals surface area contributed by atoms with Crippen molar-refractivity contribution in [3.8, 4) is 0 Å². The first-order valence-electron chi connectivity index (χ1n) is 11.2. The molecule has 0 aromatic heterocycles. The topological polar surface area (TPSA) is 47.9 Å². The fourth-order valence-corrected chi connectivity index (χ4v) is 6.02. The van der Waals surface area contributed by atoms with Crippen LogP contribution in [0.3, 0.4) is 0 Å². The number of rotatable bonds is 4. The zero-order chi connectivity index (χ0) is 22.8. The van der Waals surface area contributed by atoms with Crippen LogP contribution in [0.2, 0.25) is 5.02 Å². The molecule has 3 aromatic rings. The number of carbonyl (C=O) groups excluding carboxylic acids is 1. The quantitative estimate of drug-likeness (QED) is 0.469.